The molecule has 0 aliphatic heterocycles. The summed E-state index contributed by atoms with van der Waals surface area (Å²) in [7, 11) is 4.67. The quantitative estimate of drug-likeness (QED) is 0.146. The summed E-state index contributed by atoms with van der Waals surface area (Å²) in [5, 5.41) is 11.5. The number of nitrogens with zero attached hydrogens (tertiary/aromatic N) is 3. The van der Waals surface area contributed by atoms with Crippen molar-refractivity contribution in [3.8, 4) is 11.5 Å². The fraction of sp³-hybridized carbons (Fsp3) is 0.406. The first-order valence-corrected chi connectivity index (χ1v) is 15.3. The van der Waals surface area contributed by atoms with E-state index in [1.165, 1.54) is 18.2 Å². The van der Waals surface area contributed by atoms with E-state index in [-0.39, 0.29) is 41.5 Å². The number of nitrogen functional groups attached to an aromatic ring is 2. The maximum absolute atomic E-state index is 12.9. The summed E-state index contributed by atoms with van der Waals surface area (Å²) in [6.07, 6.45) is -1.89. The molecule has 0 fully saturated rings. The van der Waals surface area contributed by atoms with Crippen molar-refractivity contribution in [2.24, 2.45) is 0 Å². The molecule has 0 aliphatic rings. The lowest BCUT2D eigenvalue weighted by molar-refractivity contribution is -0.920. The van der Waals surface area contributed by atoms with E-state index in [1.54, 1.807) is 14.2 Å². The Kier molecular flexibility index (Phi) is 15.8. The van der Waals surface area contributed by atoms with Crippen LogP contribution in [0.5, 0.6) is 11.5 Å². The molecule has 1 aromatic heterocycles. The van der Waals surface area contributed by atoms with Crippen LogP contribution in [0.2, 0.25) is 5.15 Å². The Labute approximate surface area is 286 Å². The number of rotatable bonds is 16. The Hall–Kier alpha value is -4.83. The number of alkyl halides is 3. The minimum Gasteiger partial charge on any atom is -0.542 e. The number of carboxylic acid groups (broad SMARTS) is 1. The number of hydrogen-bond donors (Lipinski definition) is 3. The molecular weight excluding hydrogens is 673 g/mol. The molecule has 0 atom stereocenters. The molecule has 2 aromatic carbocycles. The van der Waals surface area contributed by atoms with E-state index in [9.17, 15) is 22.8 Å². The Bertz CT molecular complexity index is 1470. The van der Waals surface area contributed by atoms with Crippen LogP contribution in [0.4, 0.5) is 24.8 Å². The minimum absolute atomic E-state index is 0.0480. The number of aryl methyl sites for hydroxylation is 2. The number of methoxy groups -OCH3 is 3. The summed E-state index contributed by atoms with van der Waals surface area (Å²) in [4.78, 5) is 42.2. The molecule has 0 unspecified atom stereocenters. The van der Waals surface area contributed by atoms with Gasteiger partial charge in [0.15, 0.2) is 29.0 Å². The maximum Gasteiger partial charge on any atom is 0.430 e. The van der Waals surface area contributed by atoms with Gasteiger partial charge in [0.05, 0.1) is 47.5 Å². The maximum atomic E-state index is 12.9. The number of aliphatic carboxylic acids is 1. The van der Waals surface area contributed by atoms with Gasteiger partial charge in [-0.05, 0) is 48.2 Å². The number of carboxylic acids is 1. The molecule has 5 N–H and O–H groups in total. The van der Waals surface area contributed by atoms with Gasteiger partial charge in [-0.15, -0.1) is 0 Å². The predicted molar refractivity (Wildman–Crippen MR) is 174 cm³/mol. The number of benzene rings is 2. The normalized spacial score (nSPS) is 11.2. The first-order chi connectivity index (χ1) is 23.1. The largest absolute Gasteiger partial charge is 0.542 e. The van der Waals surface area contributed by atoms with Crippen molar-refractivity contribution in [2.45, 2.75) is 31.9 Å². The number of nitrogens with two attached hydrogens (primary N) is 2. The van der Waals surface area contributed by atoms with Crippen molar-refractivity contribution in [1.29, 1.82) is 0 Å². The van der Waals surface area contributed by atoms with Crippen molar-refractivity contribution in [2.75, 3.05) is 65.5 Å². The zero-order valence-electron chi connectivity index (χ0n) is 27.3. The minimum atomic E-state index is -5.19. The van der Waals surface area contributed by atoms with Crippen molar-refractivity contribution < 1.29 is 51.4 Å². The number of anilines is 2. The standard InChI is InChI=1S/C30H39ClN6O5.C2HF3O2/c1-40-23-12-8-21(9-13-23)6-4-17-37(20-25(38)42-3,18-5-7-22-10-14-24(41-2)15-11-22)19-16-34-30(39)26-28(32)36-29(33)27(31)35-26;3-2(4,5)1(6)7/h8-15H,4-7,16-20H2,1-3H3,(H4-,32,33,34,36,39);(H,6,7). The predicted octanol–water partition coefficient (Wildman–Crippen LogP) is 2.60. The highest BCUT2D eigenvalue weighted by Gasteiger charge is 2.31. The molecule has 0 saturated heterocycles. The SMILES string of the molecule is COC(=O)C[N+](CCCc1ccc(OC)cc1)(CCCc1ccc(OC)cc1)CCNC(=O)c1nc(Cl)c(N)nc1N.O=C([O-])C(F)(F)F. The Balaban J connectivity index is 0.00000107. The fourth-order valence-corrected chi connectivity index (χ4v) is 4.96. The average molecular weight is 713 g/mol. The summed E-state index contributed by atoms with van der Waals surface area (Å²) in [5.41, 5.74) is 13.7. The average Bonchev–Trinajstić information content (AvgIpc) is 3.06. The molecule has 3 aromatic rings. The van der Waals surface area contributed by atoms with Gasteiger partial charge in [0, 0.05) is 12.8 Å². The second-order valence-corrected chi connectivity index (χ2v) is 11.2. The van der Waals surface area contributed by atoms with E-state index in [4.69, 9.17) is 47.2 Å². The van der Waals surface area contributed by atoms with Gasteiger partial charge in [-0.2, -0.15) is 13.2 Å². The molecule has 0 aliphatic carbocycles. The van der Waals surface area contributed by atoms with Crippen molar-refractivity contribution in [3.05, 3.63) is 70.5 Å². The van der Waals surface area contributed by atoms with E-state index in [0.29, 0.717) is 24.1 Å². The van der Waals surface area contributed by atoms with Crippen molar-refractivity contribution >= 4 is 41.1 Å². The molecule has 17 heteroatoms. The number of carbonyl (C=O) groups is 3. The number of esters is 1. The first-order valence-electron chi connectivity index (χ1n) is 15.0. The number of ether oxygens (including phenoxy) is 3. The third-order valence-electron chi connectivity index (χ3n) is 7.43. The second kappa shape index (κ2) is 19.2. The number of halogens is 4. The number of aromatic nitrogens is 2. The highest BCUT2D eigenvalue weighted by Crippen LogP contribution is 2.20. The monoisotopic (exact) mass is 712 g/mol. The lowest BCUT2D eigenvalue weighted by atomic mass is 10.1. The smallest absolute Gasteiger partial charge is 0.430 e. The fourth-order valence-electron chi connectivity index (χ4n) is 4.83. The number of nitrogens with one attached hydrogen (secondary N) is 1. The highest BCUT2D eigenvalue weighted by molar-refractivity contribution is 6.31. The molecule has 268 valence electrons. The Morgan fingerprint density at radius 1 is 0.837 bits per heavy atom. The number of hydrogen-bond acceptors (Lipinski definition) is 11. The van der Waals surface area contributed by atoms with Crippen LogP contribution in [0.25, 0.3) is 0 Å². The first kappa shape index (κ1) is 40.3. The van der Waals surface area contributed by atoms with Gasteiger partial charge >= 0.3 is 12.1 Å². The number of quaternary nitrogens is 1. The van der Waals surface area contributed by atoms with Crippen LogP contribution < -0.4 is 31.4 Å². The molecule has 0 radical (unpaired) electrons. The third-order valence-corrected chi connectivity index (χ3v) is 7.71. The van der Waals surface area contributed by atoms with Crippen LogP contribution >= 0.6 is 11.6 Å². The van der Waals surface area contributed by atoms with Gasteiger partial charge in [0.2, 0.25) is 0 Å². The van der Waals surface area contributed by atoms with Crippen LogP contribution in [0, 0.1) is 0 Å². The number of amides is 1. The Morgan fingerprint density at radius 2 is 1.31 bits per heavy atom. The molecule has 0 spiro atoms. The van der Waals surface area contributed by atoms with E-state index in [2.05, 4.69) is 15.3 Å². The lowest BCUT2D eigenvalue weighted by Gasteiger charge is -2.38. The van der Waals surface area contributed by atoms with Crippen molar-refractivity contribution in [1.82, 2.24) is 15.3 Å². The molecule has 0 bridgehead atoms. The summed E-state index contributed by atoms with van der Waals surface area (Å²) < 4.78 is 47.6. The third kappa shape index (κ3) is 13.7. The van der Waals surface area contributed by atoms with Gasteiger partial charge < -0.3 is 45.4 Å². The summed E-state index contributed by atoms with van der Waals surface area (Å²) in [5.74, 6) is -2.39. The zero-order chi connectivity index (χ0) is 36.6. The van der Waals surface area contributed by atoms with Crippen LogP contribution in [0.15, 0.2) is 48.5 Å². The lowest BCUT2D eigenvalue weighted by Crippen LogP contribution is -2.56. The van der Waals surface area contributed by atoms with Gasteiger partial charge in [-0.1, -0.05) is 35.9 Å². The van der Waals surface area contributed by atoms with E-state index in [1.807, 2.05) is 48.5 Å². The summed E-state index contributed by atoms with van der Waals surface area (Å²) in [6, 6.07) is 15.9. The van der Waals surface area contributed by atoms with Gasteiger partial charge in [0.25, 0.3) is 5.91 Å². The molecule has 1 heterocycles. The zero-order valence-corrected chi connectivity index (χ0v) is 28.1. The van der Waals surface area contributed by atoms with Gasteiger partial charge in [0.1, 0.15) is 17.5 Å². The van der Waals surface area contributed by atoms with E-state index in [0.717, 1.165) is 37.2 Å². The summed E-state index contributed by atoms with van der Waals surface area (Å²) >= 11 is 5.96. The summed E-state index contributed by atoms with van der Waals surface area (Å²) in [6.45, 7) is 2.34. The van der Waals surface area contributed by atoms with Crippen LogP contribution in [0.3, 0.4) is 0 Å². The molecule has 1 amide bonds. The molecule has 13 nitrogen and oxygen atoms in total. The molecule has 3 rings (SSSR count). The van der Waals surface area contributed by atoms with Crippen LogP contribution in [-0.2, 0) is 27.2 Å². The second-order valence-electron chi connectivity index (χ2n) is 10.8. The van der Waals surface area contributed by atoms with E-state index >= 15 is 0 Å². The van der Waals surface area contributed by atoms with Crippen molar-refractivity contribution in [3.63, 3.8) is 0 Å². The molecule has 0 saturated carbocycles. The highest BCUT2D eigenvalue weighted by atomic mass is 35.5. The van der Waals surface area contributed by atoms with Crippen LogP contribution in [0.1, 0.15) is 34.5 Å². The Morgan fingerprint density at radius 3 is 1.71 bits per heavy atom. The van der Waals surface area contributed by atoms with Gasteiger partial charge in [-0.3, -0.25) is 4.79 Å². The number of carbonyl (C=O) groups excluding carboxylic acids is 3. The topological polar surface area (TPSA) is 192 Å². The van der Waals surface area contributed by atoms with Gasteiger partial charge in [-0.25, -0.2) is 14.8 Å². The van der Waals surface area contributed by atoms with Crippen LogP contribution in [-0.4, -0.2) is 92.5 Å². The van der Waals surface area contributed by atoms with E-state index < -0.39 is 18.1 Å². The molecular formula is C32H40ClF3N6O7. The molecule has 49 heavy (non-hydrogen) atoms.